The Hall–Kier alpha value is -8.74. The third kappa shape index (κ3) is 15.0. The molecule has 1 unspecified atom stereocenters. The van der Waals surface area contributed by atoms with Crippen molar-refractivity contribution >= 4 is 167 Å². The molecule has 0 fully saturated rings. The maximum absolute atomic E-state index is 13.9. The molecule has 4 aliphatic rings. The smallest absolute Gasteiger partial charge is 0.269 e. The van der Waals surface area contributed by atoms with Gasteiger partial charge in [0.2, 0.25) is 0 Å². The Morgan fingerprint density at radius 2 is 0.837 bits per heavy atom. The Bertz CT molecular complexity index is 5390. The molecule has 0 aliphatic carbocycles. The predicted octanol–water partition coefficient (Wildman–Crippen LogP) is 23.3. The van der Waals surface area contributed by atoms with Gasteiger partial charge in [-0.15, -0.1) is 45.3 Å². The maximum atomic E-state index is 13.9. The summed E-state index contributed by atoms with van der Waals surface area (Å²) in [6.45, 7) is 7.62. The van der Waals surface area contributed by atoms with Gasteiger partial charge in [0, 0.05) is 84.4 Å². The summed E-state index contributed by atoms with van der Waals surface area (Å²) in [6.07, 6.45) is 5.55. The van der Waals surface area contributed by atoms with Crippen LogP contribution in [-0.2, 0) is 32.2 Å². The van der Waals surface area contributed by atoms with E-state index in [0.29, 0.717) is 70.7 Å². The van der Waals surface area contributed by atoms with Crippen molar-refractivity contribution in [1.82, 2.24) is 9.80 Å². The van der Waals surface area contributed by atoms with Crippen LogP contribution in [0.1, 0.15) is 122 Å². The molecule has 4 aromatic heterocycles. The summed E-state index contributed by atoms with van der Waals surface area (Å²) in [6, 6.07) is 64.2. The van der Waals surface area contributed by atoms with Gasteiger partial charge in [0.15, 0.2) is 11.5 Å². The van der Waals surface area contributed by atoms with Gasteiger partial charge < -0.3 is 33.8 Å². The summed E-state index contributed by atoms with van der Waals surface area (Å²) in [5.74, 6) is 2.17. The van der Waals surface area contributed by atoms with Crippen LogP contribution in [0.2, 0.25) is 20.1 Å². The number of amides is 4. The highest BCUT2D eigenvalue weighted by molar-refractivity contribution is 7.23. The monoisotopic (exact) mass is 1530 g/mol. The molecule has 1 atom stereocenters. The summed E-state index contributed by atoms with van der Waals surface area (Å²) in [7, 11) is 4.93. The van der Waals surface area contributed by atoms with Crippen LogP contribution in [0, 0.1) is 13.8 Å². The quantitative estimate of drug-likeness (QED) is 0.149. The van der Waals surface area contributed by atoms with Gasteiger partial charge in [0.05, 0.1) is 47.5 Å². The number of thiophene rings is 4. The number of fused-ring (bicyclic) bond motifs is 8. The van der Waals surface area contributed by atoms with E-state index in [1.807, 2.05) is 159 Å². The number of halogens is 4. The Balaban J connectivity index is 0.000000131. The van der Waals surface area contributed by atoms with Crippen LogP contribution in [0.4, 0.5) is 11.4 Å². The number of nitrogens with zero attached hydrogens (tertiary/aromatic N) is 4. The minimum Gasteiger partial charge on any atom is -0.497 e. The fraction of sp³-hybridized carbons (Fsp3) is 0.224. The predicted molar refractivity (Wildman–Crippen MR) is 437 cm³/mol. The van der Waals surface area contributed by atoms with E-state index in [1.54, 1.807) is 21.3 Å². The third-order valence-electron chi connectivity index (χ3n) is 19.1. The van der Waals surface area contributed by atoms with E-state index in [2.05, 4.69) is 68.4 Å². The van der Waals surface area contributed by atoms with E-state index >= 15 is 0 Å². The van der Waals surface area contributed by atoms with Crippen molar-refractivity contribution in [3.05, 3.63) is 284 Å². The highest BCUT2D eigenvalue weighted by atomic mass is 35.5. The number of benzene rings is 9. The van der Waals surface area contributed by atoms with Crippen molar-refractivity contribution in [2.24, 2.45) is 0 Å². The Morgan fingerprint density at radius 1 is 0.394 bits per heavy atom. The fourth-order valence-corrected chi connectivity index (χ4v) is 19.9. The molecule has 104 heavy (non-hydrogen) atoms. The van der Waals surface area contributed by atoms with E-state index in [0.717, 1.165) is 137 Å². The fourth-order valence-electron chi connectivity index (χ4n) is 14.0. The number of carbonyl (C=O) groups is 4. The molecule has 0 spiro atoms. The van der Waals surface area contributed by atoms with Gasteiger partial charge in [-0.2, -0.15) is 0 Å². The van der Waals surface area contributed by atoms with Crippen molar-refractivity contribution in [2.75, 3.05) is 57.3 Å². The van der Waals surface area contributed by atoms with Crippen molar-refractivity contribution in [2.45, 2.75) is 79.8 Å². The molecule has 11 nitrogen and oxygen atoms in total. The molecule has 8 heterocycles. The molecule has 17 rings (SSSR count). The number of ether oxygens (including phenoxy) is 3. The molecule has 0 bridgehead atoms. The first-order valence-electron chi connectivity index (χ1n) is 33.7. The van der Waals surface area contributed by atoms with Gasteiger partial charge in [-0.05, 0) is 152 Å². The first kappa shape index (κ1) is 75.0. The van der Waals surface area contributed by atoms with Crippen molar-refractivity contribution in [3.63, 3.8) is 0 Å². The molecule has 13 aromatic rings. The van der Waals surface area contributed by atoms with Crippen LogP contribution in [0.25, 0.3) is 40.3 Å². The van der Waals surface area contributed by atoms with Crippen molar-refractivity contribution in [3.8, 4) is 17.2 Å². The summed E-state index contributed by atoms with van der Waals surface area (Å²) in [4.78, 5) is 63.1. The van der Waals surface area contributed by atoms with E-state index in [-0.39, 0.29) is 44.5 Å². The second-order valence-electron chi connectivity index (χ2n) is 25.4. The number of carbonyl (C=O) groups excluding carboxylic acids is 4. The van der Waals surface area contributed by atoms with Gasteiger partial charge in [0.25, 0.3) is 23.6 Å². The van der Waals surface area contributed by atoms with Crippen LogP contribution in [0.3, 0.4) is 0 Å². The molecule has 4 aliphatic heterocycles. The standard InChI is InChI=1S/C27H24ClNO3S.C19H16ClNO2S.C19H16ClNOS.C18H14ClNOS.2CH4/c1-16-7-6-8-18(13-16)25-20-15-22(32-3)21(31-2)14-17(20)11-12-29(25)27(30)26-24(28)19-9-4-5-10-23(19)33-26;1-23-13-8-9-15-12(11-13)5-4-10-21(15)19(22)18-17(20)14-6-2-3-7-16(14)24-18;1-12-8-9-15-13(11-12)5-4-10-21(15)19(22)18-17(20)14-6-2-3-7-16(14)23-18;19-16-14-7-3-4-8-15(14)22-17(16)18(21)20-10-9-12-5-1-2-6-13(12)11-20;;/h4-10,13-15,25H,11-12H2,1-3H3;2-3,6-9,11H,4-5,10H2,1H3;2-3,6-9,11H,4-5,10H2,1H3;1-8H,9-11H2;2*1H4. The van der Waals surface area contributed by atoms with Crippen molar-refractivity contribution < 1.29 is 33.4 Å². The molecule has 0 saturated carbocycles. The maximum Gasteiger partial charge on any atom is 0.269 e. The highest BCUT2D eigenvalue weighted by Gasteiger charge is 2.37. The number of methoxy groups -OCH3 is 3. The van der Waals surface area contributed by atoms with Crippen molar-refractivity contribution in [1.29, 1.82) is 0 Å². The molecular formula is C85H78Cl4N4O7S4. The second kappa shape index (κ2) is 32.7. The average molecular weight is 1540 g/mol. The SMILES string of the molecule is C.C.COc1cc2c(cc1OC)C(c1cccc(C)c1)N(C(=O)c1sc3ccccc3c1Cl)CC2.COc1ccc2c(c1)CCCN2C(=O)c1sc2ccccc2c1Cl.Cc1ccc2c(c1)CCCN2C(=O)c1sc2ccccc2c1Cl.O=C(c1sc2ccccc2c1Cl)N1CCc2ccccc2C1. The Labute approximate surface area is 643 Å². The lowest BCUT2D eigenvalue weighted by Gasteiger charge is -2.38. The summed E-state index contributed by atoms with van der Waals surface area (Å²) in [5, 5.41) is 6.05. The van der Waals surface area contributed by atoms with Gasteiger partial charge in [-0.1, -0.05) is 206 Å². The van der Waals surface area contributed by atoms with E-state index in [1.165, 1.54) is 67.6 Å². The zero-order valence-electron chi connectivity index (χ0n) is 56.6. The zero-order valence-corrected chi connectivity index (χ0v) is 62.9. The van der Waals surface area contributed by atoms with Gasteiger partial charge >= 0.3 is 0 Å². The molecule has 9 aromatic carbocycles. The zero-order chi connectivity index (χ0) is 70.9. The topological polar surface area (TPSA) is 109 Å². The first-order chi connectivity index (χ1) is 49.6. The molecule has 0 radical (unpaired) electrons. The van der Waals surface area contributed by atoms with Crippen LogP contribution >= 0.6 is 91.8 Å². The Kier molecular flexibility index (Phi) is 23.6. The van der Waals surface area contributed by atoms with Crippen LogP contribution in [-0.4, -0.2) is 80.9 Å². The van der Waals surface area contributed by atoms with Crippen LogP contribution in [0.15, 0.2) is 194 Å². The van der Waals surface area contributed by atoms with Gasteiger partial charge in [0.1, 0.15) is 25.3 Å². The lowest BCUT2D eigenvalue weighted by Crippen LogP contribution is -2.40. The largest absolute Gasteiger partial charge is 0.497 e. The number of rotatable bonds is 8. The minimum absolute atomic E-state index is 0. The molecular weight excluding hydrogens is 1460 g/mol. The number of hydrogen-bond acceptors (Lipinski definition) is 11. The summed E-state index contributed by atoms with van der Waals surface area (Å²) in [5.41, 5.74) is 12.6. The minimum atomic E-state index is -0.248. The first-order valence-corrected chi connectivity index (χ1v) is 38.4. The summed E-state index contributed by atoms with van der Waals surface area (Å²) >= 11 is 32.0. The van der Waals surface area contributed by atoms with Crippen LogP contribution in [0.5, 0.6) is 17.2 Å². The molecule has 532 valence electrons. The lowest BCUT2D eigenvalue weighted by atomic mass is 9.87. The Morgan fingerprint density at radius 3 is 1.34 bits per heavy atom. The normalized spacial score (nSPS) is 14.2. The second-order valence-corrected chi connectivity index (χ2v) is 31.2. The molecule has 19 heteroatoms. The van der Waals surface area contributed by atoms with Gasteiger partial charge in [-0.3, -0.25) is 19.2 Å². The molecule has 0 N–H and O–H groups in total. The number of aryl methyl sites for hydroxylation is 4. The van der Waals surface area contributed by atoms with Crippen LogP contribution < -0.4 is 24.0 Å². The van der Waals surface area contributed by atoms with E-state index in [9.17, 15) is 19.2 Å². The number of anilines is 2. The molecule has 0 saturated heterocycles. The van der Waals surface area contributed by atoms with E-state index < -0.39 is 0 Å². The third-order valence-corrected chi connectivity index (χ3v) is 25.7. The molecule has 4 amide bonds. The highest BCUT2D eigenvalue weighted by Crippen LogP contribution is 2.46. The van der Waals surface area contributed by atoms with E-state index in [4.69, 9.17) is 60.6 Å². The number of hydrogen-bond donors (Lipinski definition) is 0. The average Bonchev–Trinajstić information content (AvgIpc) is 1.33. The van der Waals surface area contributed by atoms with Gasteiger partial charge in [-0.25, -0.2) is 0 Å². The lowest BCUT2D eigenvalue weighted by molar-refractivity contribution is 0.0697. The summed E-state index contributed by atoms with van der Waals surface area (Å²) < 4.78 is 20.6.